The quantitative estimate of drug-likeness (QED) is 0.469. The van der Waals surface area contributed by atoms with Gasteiger partial charge in [0.15, 0.2) is 0 Å². The van der Waals surface area contributed by atoms with Crippen LogP contribution in [0.25, 0.3) is 0 Å². The Kier molecular flexibility index (Phi) is 14.5. The molecule has 0 aromatic heterocycles. The summed E-state index contributed by atoms with van der Waals surface area (Å²) in [5.41, 5.74) is 2.77. The van der Waals surface area contributed by atoms with Crippen molar-refractivity contribution in [3.05, 3.63) is 96.1 Å². The Morgan fingerprint density at radius 2 is 1.30 bits per heavy atom. The van der Waals surface area contributed by atoms with Crippen molar-refractivity contribution in [2.45, 2.75) is 6.42 Å². The topological polar surface area (TPSA) is 0 Å². The predicted octanol–water partition coefficient (Wildman–Crippen LogP) is -1.59. The molecule has 0 atom stereocenters. The zero-order chi connectivity index (χ0) is 11.8. The van der Waals surface area contributed by atoms with Crippen LogP contribution < -0.4 is 24.8 Å². The van der Waals surface area contributed by atoms with Gasteiger partial charge in [-0.15, -0.1) is 0 Å². The van der Waals surface area contributed by atoms with Crippen molar-refractivity contribution in [2.24, 2.45) is 0 Å². The number of halogens is 2. The second-order valence-corrected chi connectivity index (χ2v) is 3.92. The summed E-state index contributed by atoms with van der Waals surface area (Å²) in [4.78, 5) is 0. The Hall–Kier alpha value is -0.617. The van der Waals surface area contributed by atoms with Crippen LogP contribution in [0.1, 0.15) is 11.1 Å². The minimum Gasteiger partial charge on any atom is -1.00 e. The van der Waals surface area contributed by atoms with E-state index < -0.39 is 0 Å². The van der Waals surface area contributed by atoms with Gasteiger partial charge < -0.3 is 24.8 Å². The molecule has 102 valence electrons. The monoisotopic (exact) mass is 380 g/mol. The fraction of sp³-hybridized carbons (Fsp3) is 0.0588. The van der Waals surface area contributed by atoms with Crippen molar-refractivity contribution in [1.29, 1.82) is 0 Å². The molecule has 0 saturated carbocycles. The third kappa shape index (κ3) is 8.53. The van der Waals surface area contributed by atoms with Crippen LogP contribution in [0.2, 0.25) is 0 Å². The molecule has 0 spiro atoms. The predicted molar refractivity (Wildman–Crippen MR) is 73.3 cm³/mol. The molecule has 3 heteroatoms. The van der Waals surface area contributed by atoms with E-state index in [0.29, 0.717) is 0 Å². The van der Waals surface area contributed by atoms with E-state index >= 15 is 0 Å². The van der Waals surface area contributed by atoms with Crippen molar-refractivity contribution >= 4 is 0 Å². The Bertz CT molecular complexity index is 470. The van der Waals surface area contributed by atoms with Gasteiger partial charge in [-0.05, 0) is 6.42 Å². The van der Waals surface area contributed by atoms with E-state index in [2.05, 4.69) is 54.6 Å². The summed E-state index contributed by atoms with van der Waals surface area (Å²) >= 11 is 0. The van der Waals surface area contributed by atoms with Gasteiger partial charge in [0.05, 0.1) is 0 Å². The molecule has 3 aromatic rings. The molecular formula is C17H16Cl2Zr. The Labute approximate surface area is 152 Å². The molecule has 0 unspecified atom stereocenters. The fourth-order valence-electron chi connectivity index (χ4n) is 1.68. The molecule has 0 bridgehead atoms. The molecule has 3 rings (SSSR count). The molecule has 0 radical (unpaired) electrons. The van der Waals surface area contributed by atoms with Crippen LogP contribution >= 0.6 is 0 Å². The summed E-state index contributed by atoms with van der Waals surface area (Å²) in [6.07, 6.45) is 1.05. The SMILES string of the molecule is [Cl-].[Cl-].[Zr+4].c1cc[cH-]c1.c1ccc(C[c-]2cccc2)cc1. The Morgan fingerprint density at radius 3 is 1.75 bits per heavy atom. The van der Waals surface area contributed by atoms with Gasteiger partial charge >= 0.3 is 26.2 Å². The Balaban J connectivity index is 0. The van der Waals surface area contributed by atoms with Gasteiger partial charge in [-0.2, -0.15) is 35.9 Å². The largest absolute Gasteiger partial charge is 4.00 e. The van der Waals surface area contributed by atoms with E-state index in [4.69, 9.17) is 0 Å². The van der Waals surface area contributed by atoms with Gasteiger partial charge in [0.1, 0.15) is 0 Å². The van der Waals surface area contributed by atoms with E-state index in [1.807, 2.05) is 30.3 Å². The molecular weight excluding hydrogens is 366 g/mol. The average molecular weight is 382 g/mol. The summed E-state index contributed by atoms with van der Waals surface area (Å²) in [5.74, 6) is 0. The van der Waals surface area contributed by atoms with Gasteiger partial charge in [-0.25, -0.2) is 24.3 Å². The Morgan fingerprint density at radius 1 is 0.750 bits per heavy atom. The standard InChI is InChI=1S/C12H11.C5H5.2ClH.Zr/c1-2-6-11(7-3-1)10-12-8-4-5-9-12;1-2-4-5-3-1;;;/h1-9H,10H2;1-5H;2*1H;/q2*-1;;;+4/p-2. The maximum absolute atomic E-state index is 2.16. The molecule has 0 nitrogen and oxygen atoms in total. The number of benzene rings is 1. The fourth-order valence-corrected chi connectivity index (χ4v) is 1.68. The maximum atomic E-state index is 2.16. The van der Waals surface area contributed by atoms with E-state index in [-0.39, 0.29) is 51.0 Å². The zero-order valence-corrected chi connectivity index (χ0v) is 15.0. The second-order valence-electron chi connectivity index (χ2n) is 3.92. The normalized spacial score (nSPS) is 8.00. The first-order valence-corrected chi connectivity index (χ1v) is 5.86. The van der Waals surface area contributed by atoms with Gasteiger partial charge in [0, 0.05) is 0 Å². The smallest absolute Gasteiger partial charge is 1.00 e. The minimum absolute atomic E-state index is 0. The summed E-state index contributed by atoms with van der Waals surface area (Å²) in [7, 11) is 0. The van der Waals surface area contributed by atoms with Crippen molar-refractivity contribution < 1.29 is 51.0 Å². The molecule has 0 aliphatic heterocycles. The third-order valence-electron chi connectivity index (χ3n) is 2.54. The van der Waals surface area contributed by atoms with E-state index in [1.54, 1.807) is 0 Å². The molecule has 0 aliphatic carbocycles. The van der Waals surface area contributed by atoms with Gasteiger partial charge in [-0.1, -0.05) is 35.9 Å². The minimum atomic E-state index is 0. The van der Waals surface area contributed by atoms with Crippen LogP contribution in [0.5, 0.6) is 0 Å². The number of hydrogen-bond donors (Lipinski definition) is 0. The summed E-state index contributed by atoms with van der Waals surface area (Å²) in [5, 5.41) is 0. The second kappa shape index (κ2) is 13.4. The van der Waals surface area contributed by atoms with Gasteiger partial charge in [0.2, 0.25) is 0 Å². The molecule has 0 fully saturated rings. The maximum Gasteiger partial charge on any atom is 4.00 e. The molecule has 20 heavy (non-hydrogen) atoms. The van der Waals surface area contributed by atoms with Crippen LogP contribution in [-0.2, 0) is 32.6 Å². The summed E-state index contributed by atoms with van der Waals surface area (Å²) < 4.78 is 0. The summed E-state index contributed by atoms with van der Waals surface area (Å²) in [6.45, 7) is 0. The van der Waals surface area contributed by atoms with E-state index in [0.717, 1.165) is 6.42 Å². The molecule has 0 N–H and O–H groups in total. The van der Waals surface area contributed by atoms with E-state index in [1.165, 1.54) is 11.1 Å². The van der Waals surface area contributed by atoms with Crippen molar-refractivity contribution in [1.82, 2.24) is 0 Å². The van der Waals surface area contributed by atoms with Gasteiger partial charge in [0.25, 0.3) is 0 Å². The molecule has 0 amide bonds. The van der Waals surface area contributed by atoms with Crippen LogP contribution in [0.15, 0.2) is 84.9 Å². The number of rotatable bonds is 2. The first kappa shape index (κ1) is 21.7. The first-order chi connectivity index (χ1) is 8.45. The van der Waals surface area contributed by atoms with E-state index in [9.17, 15) is 0 Å². The summed E-state index contributed by atoms with van der Waals surface area (Å²) in [6, 6.07) is 29.0. The van der Waals surface area contributed by atoms with Gasteiger partial charge in [-0.3, -0.25) is 0 Å². The third-order valence-corrected chi connectivity index (χ3v) is 2.54. The van der Waals surface area contributed by atoms with Crippen LogP contribution in [0, 0.1) is 0 Å². The zero-order valence-electron chi connectivity index (χ0n) is 11.0. The molecule has 0 aliphatic rings. The molecule has 3 aromatic carbocycles. The first-order valence-electron chi connectivity index (χ1n) is 5.86. The van der Waals surface area contributed by atoms with Crippen LogP contribution in [-0.4, -0.2) is 0 Å². The molecule has 0 heterocycles. The molecule has 0 saturated heterocycles. The number of hydrogen-bond acceptors (Lipinski definition) is 0. The van der Waals surface area contributed by atoms with Crippen LogP contribution in [0.3, 0.4) is 0 Å². The average Bonchev–Trinajstić information content (AvgIpc) is 3.06. The van der Waals surface area contributed by atoms with Crippen LogP contribution in [0.4, 0.5) is 0 Å². The van der Waals surface area contributed by atoms with Crippen molar-refractivity contribution in [3.63, 3.8) is 0 Å². The van der Waals surface area contributed by atoms with Crippen molar-refractivity contribution in [2.75, 3.05) is 0 Å². The van der Waals surface area contributed by atoms with Crippen molar-refractivity contribution in [3.8, 4) is 0 Å².